The van der Waals surface area contributed by atoms with Crippen molar-refractivity contribution in [2.45, 2.75) is 39.2 Å². The number of imidazole rings is 1. The molecule has 0 spiro atoms. The predicted molar refractivity (Wildman–Crippen MR) is 93.8 cm³/mol. The van der Waals surface area contributed by atoms with E-state index in [-0.39, 0.29) is 17.6 Å². The Balaban J connectivity index is 1.46. The number of amides is 1. The Morgan fingerprint density at radius 1 is 1.21 bits per heavy atom. The first-order valence-electron chi connectivity index (χ1n) is 9.04. The highest BCUT2D eigenvalue weighted by Crippen LogP contribution is 2.45. The van der Waals surface area contributed by atoms with Gasteiger partial charge in [0.1, 0.15) is 0 Å². The number of fused-ring (bicyclic) bond motifs is 1. The molecule has 2 atom stereocenters. The maximum atomic E-state index is 12.6. The highest BCUT2D eigenvalue weighted by molar-refractivity contribution is 5.82. The van der Waals surface area contributed by atoms with Crippen molar-refractivity contribution in [1.29, 1.82) is 0 Å². The minimum atomic E-state index is -0.0389. The molecule has 24 heavy (non-hydrogen) atoms. The molecule has 1 N–H and O–H groups in total. The Kier molecular flexibility index (Phi) is 3.74. The summed E-state index contributed by atoms with van der Waals surface area (Å²) in [6, 6.07) is 8.00. The van der Waals surface area contributed by atoms with Crippen LogP contribution in [-0.2, 0) is 4.79 Å². The number of aromatic amines is 1. The molecule has 0 radical (unpaired) electrons. The van der Waals surface area contributed by atoms with Crippen LogP contribution in [0.5, 0.6) is 0 Å². The number of hydrogen-bond acceptors (Lipinski definition) is 2. The van der Waals surface area contributed by atoms with Gasteiger partial charge in [-0.2, -0.15) is 0 Å². The van der Waals surface area contributed by atoms with Crippen LogP contribution in [0.4, 0.5) is 0 Å². The number of carbonyl (C=O) groups excluding carboxylic acids is 1. The Hall–Kier alpha value is -2.04. The molecule has 128 valence electrons. The summed E-state index contributed by atoms with van der Waals surface area (Å²) in [5, 5.41) is 0. The number of nitrogens with zero attached hydrogens (tertiary/aromatic N) is 2. The van der Waals surface area contributed by atoms with Crippen LogP contribution in [0.15, 0.2) is 29.1 Å². The van der Waals surface area contributed by atoms with E-state index in [1.54, 1.807) is 0 Å². The van der Waals surface area contributed by atoms with E-state index in [0.29, 0.717) is 17.7 Å². The molecule has 0 bridgehead atoms. The summed E-state index contributed by atoms with van der Waals surface area (Å²) < 4.78 is 1.88. The summed E-state index contributed by atoms with van der Waals surface area (Å²) >= 11 is 0. The topological polar surface area (TPSA) is 58.1 Å². The molecule has 2 fully saturated rings. The molecular weight excluding hydrogens is 302 g/mol. The summed E-state index contributed by atoms with van der Waals surface area (Å²) in [4.78, 5) is 29.9. The summed E-state index contributed by atoms with van der Waals surface area (Å²) in [6.45, 7) is 5.93. The summed E-state index contributed by atoms with van der Waals surface area (Å²) in [5.41, 5.74) is 1.82. The lowest BCUT2D eigenvalue weighted by atomic mass is 10.0. The van der Waals surface area contributed by atoms with E-state index in [9.17, 15) is 9.59 Å². The second-order valence-electron chi connectivity index (χ2n) is 7.62. The Labute approximate surface area is 141 Å². The van der Waals surface area contributed by atoms with Crippen LogP contribution in [0.1, 0.15) is 39.2 Å². The zero-order valence-corrected chi connectivity index (χ0v) is 14.4. The fraction of sp³-hybridized carbons (Fsp3) is 0.579. The van der Waals surface area contributed by atoms with Crippen molar-refractivity contribution in [3.05, 3.63) is 34.7 Å². The van der Waals surface area contributed by atoms with E-state index in [0.717, 1.165) is 43.4 Å². The number of piperidine rings is 1. The first kappa shape index (κ1) is 15.5. The number of H-pyrrole nitrogens is 1. The van der Waals surface area contributed by atoms with Gasteiger partial charge in [-0.15, -0.1) is 0 Å². The molecule has 5 nitrogen and oxygen atoms in total. The van der Waals surface area contributed by atoms with Gasteiger partial charge in [0.2, 0.25) is 5.91 Å². The molecule has 1 saturated carbocycles. The summed E-state index contributed by atoms with van der Waals surface area (Å²) in [5.74, 6) is 1.75. The smallest absolute Gasteiger partial charge is 0.326 e. The van der Waals surface area contributed by atoms with Gasteiger partial charge in [0.25, 0.3) is 0 Å². The molecule has 4 rings (SSSR count). The molecule has 5 heteroatoms. The van der Waals surface area contributed by atoms with Crippen LogP contribution in [0.2, 0.25) is 0 Å². The van der Waals surface area contributed by atoms with Gasteiger partial charge in [0, 0.05) is 25.0 Å². The van der Waals surface area contributed by atoms with Crippen molar-refractivity contribution in [3.63, 3.8) is 0 Å². The number of rotatable bonds is 3. The third-order valence-electron chi connectivity index (χ3n) is 5.78. The van der Waals surface area contributed by atoms with Crippen molar-refractivity contribution in [2.24, 2.45) is 17.8 Å². The van der Waals surface area contributed by atoms with Gasteiger partial charge < -0.3 is 9.88 Å². The van der Waals surface area contributed by atoms with E-state index in [2.05, 4.69) is 18.8 Å². The van der Waals surface area contributed by atoms with Crippen molar-refractivity contribution < 1.29 is 4.79 Å². The van der Waals surface area contributed by atoms with Crippen LogP contribution >= 0.6 is 0 Å². The average molecular weight is 327 g/mol. The molecule has 2 aliphatic rings. The molecular formula is C19H25N3O2. The number of hydrogen-bond donors (Lipinski definition) is 1. The second kappa shape index (κ2) is 5.80. The Morgan fingerprint density at radius 3 is 2.58 bits per heavy atom. The van der Waals surface area contributed by atoms with Crippen LogP contribution in [-0.4, -0.2) is 33.4 Å². The number of para-hydroxylation sites is 2. The molecule has 1 aliphatic heterocycles. The second-order valence-corrected chi connectivity index (χ2v) is 7.62. The van der Waals surface area contributed by atoms with Crippen LogP contribution in [0.3, 0.4) is 0 Å². The molecule has 1 amide bonds. The third-order valence-corrected chi connectivity index (χ3v) is 5.78. The lowest BCUT2D eigenvalue weighted by molar-refractivity contribution is -0.134. The van der Waals surface area contributed by atoms with Gasteiger partial charge in [0.05, 0.1) is 11.0 Å². The number of aromatic nitrogens is 2. The van der Waals surface area contributed by atoms with E-state index < -0.39 is 0 Å². The molecule has 1 aliphatic carbocycles. The molecule has 1 aromatic carbocycles. The minimum absolute atomic E-state index is 0.0389. The zero-order chi connectivity index (χ0) is 16.8. The average Bonchev–Trinajstić information content (AvgIpc) is 3.31. The fourth-order valence-corrected chi connectivity index (χ4v) is 4.25. The van der Waals surface area contributed by atoms with Crippen LogP contribution in [0, 0.1) is 17.8 Å². The quantitative estimate of drug-likeness (QED) is 0.942. The van der Waals surface area contributed by atoms with Crippen molar-refractivity contribution in [1.82, 2.24) is 14.5 Å². The summed E-state index contributed by atoms with van der Waals surface area (Å²) in [7, 11) is 0. The predicted octanol–water partition coefficient (Wildman–Crippen LogP) is 2.79. The maximum Gasteiger partial charge on any atom is 0.326 e. The Morgan fingerprint density at radius 2 is 1.92 bits per heavy atom. The van der Waals surface area contributed by atoms with Crippen molar-refractivity contribution in [2.75, 3.05) is 13.1 Å². The molecule has 1 aromatic heterocycles. The van der Waals surface area contributed by atoms with Gasteiger partial charge >= 0.3 is 5.69 Å². The van der Waals surface area contributed by atoms with E-state index in [4.69, 9.17) is 0 Å². The first-order chi connectivity index (χ1) is 11.6. The van der Waals surface area contributed by atoms with Gasteiger partial charge in [-0.3, -0.25) is 9.36 Å². The minimum Gasteiger partial charge on any atom is -0.342 e. The highest BCUT2D eigenvalue weighted by Gasteiger charge is 2.46. The molecule has 1 saturated heterocycles. The Bertz CT molecular complexity index is 811. The number of likely N-dealkylation sites (tertiary alicyclic amines) is 1. The van der Waals surface area contributed by atoms with Crippen LogP contribution in [0.25, 0.3) is 11.0 Å². The van der Waals surface area contributed by atoms with Gasteiger partial charge in [-0.25, -0.2) is 4.79 Å². The van der Waals surface area contributed by atoms with Gasteiger partial charge in [0.15, 0.2) is 0 Å². The highest BCUT2D eigenvalue weighted by atomic mass is 16.2. The van der Waals surface area contributed by atoms with E-state index >= 15 is 0 Å². The molecule has 2 heterocycles. The maximum absolute atomic E-state index is 12.6. The normalized spacial score (nSPS) is 24.7. The summed E-state index contributed by atoms with van der Waals surface area (Å²) in [6.07, 6.45) is 2.76. The fourth-order valence-electron chi connectivity index (χ4n) is 4.25. The van der Waals surface area contributed by atoms with Crippen LogP contribution < -0.4 is 5.69 Å². The number of carbonyl (C=O) groups is 1. The van der Waals surface area contributed by atoms with Crippen molar-refractivity contribution >= 4 is 16.9 Å². The van der Waals surface area contributed by atoms with E-state index in [1.807, 2.05) is 33.7 Å². The van der Waals surface area contributed by atoms with Crippen molar-refractivity contribution in [3.8, 4) is 0 Å². The third kappa shape index (κ3) is 2.56. The molecule has 0 unspecified atom stereocenters. The zero-order valence-electron chi connectivity index (χ0n) is 14.4. The van der Waals surface area contributed by atoms with Gasteiger partial charge in [-0.05, 0) is 43.2 Å². The molecule has 2 aromatic rings. The largest absolute Gasteiger partial charge is 0.342 e. The SMILES string of the molecule is CC(C)[C@@H]1C[C@H]1C(=O)N1CCC(n2c(=O)[nH]c3ccccc32)CC1. The standard InChI is InChI=1S/C19H25N3O2/c1-12(2)14-11-15(14)18(23)21-9-7-13(8-10-21)22-17-6-4-3-5-16(17)20-19(22)24/h3-6,12-15H,7-11H2,1-2H3,(H,20,24)/t14-,15+/m0/s1. The number of nitrogens with one attached hydrogen (secondary N) is 1. The van der Waals surface area contributed by atoms with E-state index in [1.165, 1.54) is 0 Å². The van der Waals surface area contributed by atoms with Gasteiger partial charge in [-0.1, -0.05) is 26.0 Å². The number of benzene rings is 1. The monoisotopic (exact) mass is 327 g/mol. The first-order valence-corrected chi connectivity index (χ1v) is 9.04. The lowest BCUT2D eigenvalue weighted by Gasteiger charge is -2.33. The lowest BCUT2D eigenvalue weighted by Crippen LogP contribution is -2.41.